The summed E-state index contributed by atoms with van der Waals surface area (Å²) in [6, 6.07) is 5.96. The number of rotatable bonds is 5. The molecule has 1 aromatic carbocycles. The first-order valence-electron chi connectivity index (χ1n) is 6.57. The lowest BCUT2D eigenvalue weighted by atomic mass is 9.87. The van der Waals surface area contributed by atoms with E-state index in [1.165, 1.54) is 11.1 Å². The molecule has 1 atom stereocenters. The summed E-state index contributed by atoms with van der Waals surface area (Å²) in [4.78, 5) is 0. The van der Waals surface area contributed by atoms with E-state index in [0.717, 1.165) is 19.3 Å². The number of nitrogens with one attached hydrogen (secondary N) is 1. The third-order valence-electron chi connectivity index (χ3n) is 3.35. The molecule has 0 saturated carbocycles. The van der Waals surface area contributed by atoms with Gasteiger partial charge >= 0.3 is 6.18 Å². The van der Waals surface area contributed by atoms with Crippen molar-refractivity contribution in [3.63, 3.8) is 0 Å². The van der Waals surface area contributed by atoms with Gasteiger partial charge in [-0.3, -0.25) is 0 Å². The predicted molar refractivity (Wildman–Crippen MR) is 68.7 cm³/mol. The summed E-state index contributed by atoms with van der Waals surface area (Å²) in [5, 5.41) is 3.26. The van der Waals surface area contributed by atoms with Crippen LogP contribution < -0.4 is 10.1 Å². The molecule has 0 amide bonds. The monoisotopic (exact) mass is 289 g/mol. The summed E-state index contributed by atoms with van der Waals surface area (Å²) in [5.74, 6) is 0.544. The van der Waals surface area contributed by atoms with Crippen LogP contribution in [0.25, 0.3) is 0 Å². The Bertz CT molecular complexity index is 449. The summed E-state index contributed by atoms with van der Waals surface area (Å²) in [6.45, 7) is -1.69. The highest BCUT2D eigenvalue weighted by Crippen LogP contribution is 2.31. The van der Waals surface area contributed by atoms with Gasteiger partial charge in [0.15, 0.2) is 6.79 Å². The van der Waals surface area contributed by atoms with E-state index < -0.39 is 19.6 Å². The lowest BCUT2D eigenvalue weighted by Crippen LogP contribution is -2.21. The molecule has 1 aliphatic carbocycles. The Morgan fingerprint density at radius 2 is 2.15 bits per heavy atom. The summed E-state index contributed by atoms with van der Waals surface area (Å²) in [6.07, 6.45) is -1.17. The molecule has 0 saturated heterocycles. The van der Waals surface area contributed by atoms with Gasteiger partial charge in [0.1, 0.15) is 12.4 Å². The highest BCUT2D eigenvalue weighted by Gasteiger charge is 2.27. The molecule has 2 rings (SSSR count). The Morgan fingerprint density at radius 1 is 1.35 bits per heavy atom. The van der Waals surface area contributed by atoms with Crippen molar-refractivity contribution in [1.29, 1.82) is 0 Å². The van der Waals surface area contributed by atoms with Crippen LogP contribution in [0.5, 0.6) is 5.75 Å². The van der Waals surface area contributed by atoms with E-state index in [0.29, 0.717) is 11.8 Å². The third-order valence-corrected chi connectivity index (χ3v) is 3.35. The zero-order chi connectivity index (χ0) is 14.6. The van der Waals surface area contributed by atoms with Gasteiger partial charge in [-0.25, -0.2) is 0 Å². The highest BCUT2D eigenvalue weighted by molar-refractivity contribution is 5.39. The fourth-order valence-electron chi connectivity index (χ4n) is 2.45. The van der Waals surface area contributed by atoms with Crippen LogP contribution in [0.4, 0.5) is 13.2 Å². The van der Waals surface area contributed by atoms with Gasteiger partial charge in [0.05, 0.1) is 0 Å². The molecular weight excluding hydrogens is 271 g/mol. The van der Waals surface area contributed by atoms with Crippen LogP contribution in [0.2, 0.25) is 0 Å². The molecule has 3 nitrogen and oxygen atoms in total. The number of benzene rings is 1. The van der Waals surface area contributed by atoms with Crippen LogP contribution in [0, 0.1) is 0 Å². The van der Waals surface area contributed by atoms with Crippen molar-refractivity contribution in [1.82, 2.24) is 5.32 Å². The minimum absolute atomic E-state index is 0.342. The Labute approximate surface area is 116 Å². The smallest absolute Gasteiger partial charge is 0.411 e. The summed E-state index contributed by atoms with van der Waals surface area (Å²) >= 11 is 0. The molecule has 0 heterocycles. The second kappa shape index (κ2) is 6.45. The van der Waals surface area contributed by atoms with Crippen molar-refractivity contribution in [2.24, 2.45) is 0 Å². The number of aryl methyl sites for hydroxylation is 1. The first-order valence-corrected chi connectivity index (χ1v) is 6.57. The minimum Gasteiger partial charge on any atom is -0.468 e. The van der Waals surface area contributed by atoms with E-state index in [1.807, 2.05) is 19.2 Å². The fourth-order valence-corrected chi connectivity index (χ4v) is 2.45. The summed E-state index contributed by atoms with van der Waals surface area (Å²) in [5.41, 5.74) is 2.42. The fraction of sp³-hybridized carbons (Fsp3) is 0.571. The molecule has 112 valence electrons. The Morgan fingerprint density at radius 3 is 2.85 bits per heavy atom. The maximum absolute atomic E-state index is 11.9. The van der Waals surface area contributed by atoms with Crippen LogP contribution in [0.1, 0.15) is 30.0 Å². The van der Waals surface area contributed by atoms with Gasteiger partial charge in [0.2, 0.25) is 0 Å². The number of hydrogen-bond donors (Lipinski definition) is 1. The number of fused-ring (bicyclic) bond motifs is 1. The van der Waals surface area contributed by atoms with Crippen LogP contribution >= 0.6 is 0 Å². The standard InChI is InChI=1S/C14H18F3NO2/c1-18-13-4-2-3-10-7-11(5-6-12(10)13)20-9-19-8-14(15,16)17/h5-7,13,18H,2-4,8-9H2,1H3. The first kappa shape index (κ1) is 15.1. The molecule has 0 radical (unpaired) electrons. The van der Waals surface area contributed by atoms with Crippen molar-refractivity contribution < 1.29 is 22.6 Å². The van der Waals surface area contributed by atoms with Crippen molar-refractivity contribution in [3.8, 4) is 5.75 Å². The number of ether oxygens (including phenoxy) is 2. The highest BCUT2D eigenvalue weighted by atomic mass is 19.4. The second-order valence-corrected chi connectivity index (χ2v) is 4.82. The summed E-state index contributed by atoms with van der Waals surface area (Å²) in [7, 11) is 1.93. The lowest BCUT2D eigenvalue weighted by Gasteiger charge is -2.25. The molecule has 0 spiro atoms. The van der Waals surface area contributed by atoms with E-state index in [9.17, 15) is 13.2 Å². The number of hydrogen-bond acceptors (Lipinski definition) is 3. The van der Waals surface area contributed by atoms with Crippen molar-refractivity contribution in [2.75, 3.05) is 20.4 Å². The quantitative estimate of drug-likeness (QED) is 0.667. The van der Waals surface area contributed by atoms with E-state index in [2.05, 4.69) is 10.1 Å². The van der Waals surface area contributed by atoms with E-state index in [1.54, 1.807) is 6.07 Å². The molecule has 0 aromatic heterocycles. The maximum atomic E-state index is 11.9. The Balaban J connectivity index is 1.91. The molecule has 1 unspecified atom stereocenters. The predicted octanol–water partition coefficient (Wildman–Crippen LogP) is 3.20. The largest absolute Gasteiger partial charge is 0.468 e. The zero-order valence-electron chi connectivity index (χ0n) is 11.3. The van der Waals surface area contributed by atoms with Gasteiger partial charge in [0, 0.05) is 6.04 Å². The second-order valence-electron chi connectivity index (χ2n) is 4.82. The van der Waals surface area contributed by atoms with Crippen LogP contribution in [0.15, 0.2) is 18.2 Å². The van der Waals surface area contributed by atoms with Crippen LogP contribution in [-0.2, 0) is 11.2 Å². The molecule has 1 aromatic rings. The number of alkyl halides is 3. The van der Waals surface area contributed by atoms with E-state index in [-0.39, 0.29) is 0 Å². The lowest BCUT2D eigenvalue weighted by molar-refractivity contribution is -0.186. The molecule has 0 bridgehead atoms. The van der Waals surface area contributed by atoms with Gasteiger partial charge in [-0.1, -0.05) is 6.07 Å². The average molecular weight is 289 g/mol. The maximum Gasteiger partial charge on any atom is 0.411 e. The van der Waals surface area contributed by atoms with Gasteiger partial charge in [-0.05, 0) is 49.6 Å². The van der Waals surface area contributed by atoms with E-state index in [4.69, 9.17) is 4.74 Å². The molecule has 0 aliphatic heterocycles. The van der Waals surface area contributed by atoms with Crippen molar-refractivity contribution >= 4 is 0 Å². The van der Waals surface area contributed by atoms with E-state index >= 15 is 0 Å². The third kappa shape index (κ3) is 4.11. The number of halogens is 3. The molecule has 1 N–H and O–H groups in total. The van der Waals surface area contributed by atoms with Crippen molar-refractivity contribution in [3.05, 3.63) is 29.3 Å². The van der Waals surface area contributed by atoms with Gasteiger partial charge in [-0.2, -0.15) is 13.2 Å². The molecule has 1 aliphatic rings. The van der Waals surface area contributed by atoms with Crippen LogP contribution in [0.3, 0.4) is 0 Å². The van der Waals surface area contributed by atoms with Crippen LogP contribution in [-0.4, -0.2) is 26.6 Å². The topological polar surface area (TPSA) is 30.5 Å². The van der Waals surface area contributed by atoms with Crippen molar-refractivity contribution in [2.45, 2.75) is 31.5 Å². The zero-order valence-corrected chi connectivity index (χ0v) is 11.3. The first-order chi connectivity index (χ1) is 9.49. The molecule has 0 fully saturated rings. The Kier molecular flexibility index (Phi) is 4.88. The normalized spacial score (nSPS) is 18.7. The Hall–Kier alpha value is -1.27. The summed E-state index contributed by atoms with van der Waals surface area (Å²) < 4.78 is 45.3. The molecular formula is C14H18F3NO2. The average Bonchev–Trinajstić information content (AvgIpc) is 2.41. The van der Waals surface area contributed by atoms with Gasteiger partial charge in [-0.15, -0.1) is 0 Å². The molecule has 6 heteroatoms. The van der Waals surface area contributed by atoms with Gasteiger partial charge < -0.3 is 14.8 Å². The molecule has 20 heavy (non-hydrogen) atoms. The van der Waals surface area contributed by atoms with Gasteiger partial charge in [0.25, 0.3) is 0 Å². The SMILES string of the molecule is CNC1CCCc2cc(OCOCC(F)(F)F)ccc21. The minimum atomic E-state index is -4.32.